The minimum Gasteiger partial charge on any atom is -0.300 e. The Hall–Kier alpha value is -0.590. The number of carbonyl (C=O) groups excluding carboxylic acids is 1. The average molecular weight is 303 g/mol. The van der Waals surface area contributed by atoms with E-state index in [1.165, 1.54) is 44.9 Å². The molecular formula is C21H34O. The van der Waals surface area contributed by atoms with Gasteiger partial charge in [-0.1, -0.05) is 38.8 Å². The Morgan fingerprint density at radius 1 is 1.23 bits per heavy atom. The molecule has 0 aromatic carbocycles. The van der Waals surface area contributed by atoms with Gasteiger partial charge in [0.1, 0.15) is 5.78 Å². The number of hydrogen-bond acceptors (Lipinski definition) is 1. The van der Waals surface area contributed by atoms with Crippen LogP contribution in [0.3, 0.4) is 0 Å². The predicted octanol–water partition coefficient (Wildman–Crippen LogP) is 5.79. The van der Waals surface area contributed by atoms with Gasteiger partial charge in [0.05, 0.1) is 0 Å². The summed E-state index contributed by atoms with van der Waals surface area (Å²) in [5, 5.41) is 0. The molecule has 124 valence electrons. The van der Waals surface area contributed by atoms with Crippen molar-refractivity contribution in [3.05, 3.63) is 11.6 Å². The highest BCUT2D eigenvalue weighted by Crippen LogP contribution is 2.62. The number of allylic oxidation sites excluding steroid dienone is 2. The third-order valence-corrected chi connectivity index (χ3v) is 7.64. The monoisotopic (exact) mass is 302 g/mol. The lowest BCUT2D eigenvalue weighted by molar-refractivity contribution is -0.126. The smallest absolute Gasteiger partial charge is 0.133 e. The van der Waals surface area contributed by atoms with E-state index >= 15 is 0 Å². The van der Waals surface area contributed by atoms with Crippen molar-refractivity contribution in [2.45, 2.75) is 79.1 Å². The molecule has 3 aliphatic rings. The van der Waals surface area contributed by atoms with E-state index < -0.39 is 0 Å². The summed E-state index contributed by atoms with van der Waals surface area (Å²) in [6.07, 6.45) is 12.9. The van der Waals surface area contributed by atoms with Crippen molar-refractivity contribution in [1.29, 1.82) is 0 Å². The Morgan fingerprint density at radius 3 is 2.64 bits per heavy atom. The largest absolute Gasteiger partial charge is 0.300 e. The van der Waals surface area contributed by atoms with Gasteiger partial charge in [-0.25, -0.2) is 0 Å². The molecule has 1 heteroatoms. The Kier molecular flexibility index (Phi) is 4.54. The number of hydrogen-bond donors (Lipinski definition) is 0. The Morgan fingerprint density at radius 2 is 2.00 bits per heavy atom. The summed E-state index contributed by atoms with van der Waals surface area (Å²) in [5.41, 5.74) is 2.05. The molecule has 0 N–H and O–H groups in total. The van der Waals surface area contributed by atoms with Gasteiger partial charge in [0, 0.05) is 5.92 Å². The molecule has 0 bridgehead atoms. The molecule has 6 atom stereocenters. The maximum Gasteiger partial charge on any atom is 0.133 e. The fourth-order valence-electron chi connectivity index (χ4n) is 6.65. The summed E-state index contributed by atoms with van der Waals surface area (Å²) in [5.74, 6) is 4.20. The molecule has 0 amide bonds. The molecule has 1 nitrogen and oxygen atoms in total. The molecular weight excluding hydrogens is 268 g/mol. The van der Waals surface area contributed by atoms with Crippen LogP contribution in [0.25, 0.3) is 0 Å². The first-order valence-corrected chi connectivity index (χ1v) is 9.72. The van der Waals surface area contributed by atoms with Gasteiger partial charge in [0.2, 0.25) is 0 Å². The van der Waals surface area contributed by atoms with Crippen LogP contribution >= 0.6 is 0 Å². The molecule has 5 unspecified atom stereocenters. The van der Waals surface area contributed by atoms with E-state index in [0.29, 0.717) is 17.1 Å². The lowest BCUT2D eigenvalue weighted by atomic mass is 9.52. The van der Waals surface area contributed by atoms with Gasteiger partial charge in [-0.3, -0.25) is 4.79 Å². The summed E-state index contributed by atoms with van der Waals surface area (Å²) in [6, 6.07) is 0. The van der Waals surface area contributed by atoms with Crippen molar-refractivity contribution >= 4 is 5.78 Å². The zero-order valence-electron chi connectivity index (χ0n) is 15.0. The molecule has 22 heavy (non-hydrogen) atoms. The SMILES string of the molecule is CCCC1C(CC)=CCC2C3CCC(C(C)=O)C3(C)CC[C@H]12. The maximum absolute atomic E-state index is 12.1. The van der Waals surface area contributed by atoms with E-state index in [1.54, 1.807) is 5.57 Å². The molecule has 0 radical (unpaired) electrons. The summed E-state index contributed by atoms with van der Waals surface area (Å²) < 4.78 is 0. The van der Waals surface area contributed by atoms with Crippen LogP contribution in [0, 0.1) is 35.0 Å². The second kappa shape index (κ2) is 6.13. The Labute approximate surface area is 136 Å². The first kappa shape index (κ1) is 16.3. The first-order chi connectivity index (χ1) is 10.5. The molecule has 0 aliphatic heterocycles. The van der Waals surface area contributed by atoms with Gasteiger partial charge in [-0.15, -0.1) is 0 Å². The van der Waals surface area contributed by atoms with E-state index in [-0.39, 0.29) is 0 Å². The van der Waals surface area contributed by atoms with Crippen molar-refractivity contribution < 1.29 is 4.79 Å². The predicted molar refractivity (Wildman–Crippen MR) is 92.6 cm³/mol. The van der Waals surface area contributed by atoms with E-state index in [2.05, 4.69) is 26.8 Å². The first-order valence-electron chi connectivity index (χ1n) is 9.72. The second-order valence-corrected chi connectivity index (χ2v) is 8.48. The Bertz CT molecular complexity index is 463. The highest BCUT2D eigenvalue weighted by Gasteiger charge is 2.56. The second-order valence-electron chi connectivity index (χ2n) is 8.48. The molecule has 0 saturated heterocycles. The maximum atomic E-state index is 12.1. The normalized spacial score (nSPS) is 44.2. The van der Waals surface area contributed by atoms with Crippen molar-refractivity contribution in [2.24, 2.45) is 35.0 Å². The van der Waals surface area contributed by atoms with Crippen LogP contribution in [0.5, 0.6) is 0 Å². The minimum absolute atomic E-state index is 0.307. The van der Waals surface area contributed by atoms with E-state index in [4.69, 9.17) is 0 Å². The third kappa shape index (κ3) is 2.39. The summed E-state index contributed by atoms with van der Waals surface area (Å²) in [6.45, 7) is 8.95. The number of Topliss-reactive ketones (excluding diaryl/α,β-unsaturated/α-hetero) is 1. The van der Waals surface area contributed by atoms with Crippen molar-refractivity contribution in [2.75, 3.05) is 0 Å². The van der Waals surface area contributed by atoms with Crippen LogP contribution in [-0.2, 0) is 4.79 Å². The zero-order chi connectivity index (χ0) is 15.9. The number of rotatable bonds is 4. The van der Waals surface area contributed by atoms with Gasteiger partial charge in [-0.05, 0) is 81.0 Å². The lowest BCUT2D eigenvalue weighted by Gasteiger charge is -2.52. The van der Waals surface area contributed by atoms with Crippen LogP contribution in [-0.4, -0.2) is 5.78 Å². The number of ketones is 1. The van der Waals surface area contributed by atoms with Crippen LogP contribution < -0.4 is 0 Å². The Balaban J connectivity index is 1.87. The van der Waals surface area contributed by atoms with Crippen molar-refractivity contribution in [3.8, 4) is 0 Å². The van der Waals surface area contributed by atoms with Gasteiger partial charge in [0.15, 0.2) is 0 Å². The van der Waals surface area contributed by atoms with Gasteiger partial charge in [0.25, 0.3) is 0 Å². The third-order valence-electron chi connectivity index (χ3n) is 7.64. The van der Waals surface area contributed by atoms with Crippen LogP contribution in [0.15, 0.2) is 11.6 Å². The van der Waals surface area contributed by atoms with Crippen LogP contribution in [0.1, 0.15) is 79.1 Å². The average Bonchev–Trinajstić information content (AvgIpc) is 2.85. The van der Waals surface area contributed by atoms with E-state index in [0.717, 1.165) is 30.1 Å². The zero-order valence-corrected chi connectivity index (χ0v) is 15.0. The van der Waals surface area contributed by atoms with Gasteiger partial charge < -0.3 is 0 Å². The molecule has 2 saturated carbocycles. The molecule has 0 spiro atoms. The molecule has 3 aliphatic carbocycles. The van der Waals surface area contributed by atoms with E-state index in [9.17, 15) is 4.79 Å². The molecule has 0 heterocycles. The fourth-order valence-corrected chi connectivity index (χ4v) is 6.65. The van der Waals surface area contributed by atoms with Crippen LogP contribution in [0.2, 0.25) is 0 Å². The highest BCUT2D eigenvalue weighted by atomic mass is 16.1. The topological polar surface area (TPSA) is 17.1 Å². The molecule has 0 aromatic heterocycles. The minimum atomic E-state index is 0.307. The van der Waals surface area contributed by atoms with Gasteiger partial charge in [-0.2, -0.15) is 0 Å². The molecule has 3 rings (SSSR count). The quantitative estimate of drug-likeness (QED) is 0.601. The lowest BCUT2D eigenvalue weighted by Crippen LogP contribution is -2.46. The fraction of sp³-hybridized carbons (Fsp3) is 0.857. The summed E-state index contributed by atoms with van der Waals surface area (Å²) in [7, 11) is 0. The number of fused-ring (bicyclic) bond motifs is 3. The van der Waals surface area contributed by atoms with Gasteiger partial charge >= 0.3 is 0 Å². The molecule has 0 aromatic rings. The molecule has 2 fully saturated rings. The highest BCUT2D eigenvalue weighted by molar-refractivity contribution is 5.79. The summed E-state index contributed by atoms with van der Waals surface area (Å²) in [4.78, 5) is 12.1. The summed E-state index contributed by atoms with van der Waals surface area (Å²) >= 11 is 0. The van der Waals surface area contributed by atoms with Crippen molar-refractivity contribution in [3.63, 3.8) is 0 Å². The van der Waals surface area contributed by atoms with Crippen molar-refractivity contribution in [1.82, 2.24) is 0 Å². The van der Waals surface area contributed by atoms with E-state index in [1.807, 2.05) is 6.92 Å². The van der Waals surface area contributed by atoms with Crippen LogP contribution in [0.4, 0.5) is 0 Å². The standard InChI is InChI=1S/C21H34O/c1-5-7-16-15(6-2)8-9-18-17(16)12-13-21(4)19(14(3)22)10-11-20(18)21/h8,16-20H,5-7,9-13H2,1-4H3/t16?,17-,18?,19?,20?,21?/m1/s1. The number of carbonyl (C=O) groups is 1.